The fourth-order valence-corrected chi connectivity index (χ4v) is 2.71. The Morgan fingerprint density at radius 1 is 1.07 bits per heavy atom. The zero-order chi connectivity index (χ0) is 9.43. The molecule has 1 atom stereocenters. The van der Waals surface area contributed by atoms with Gasteiger partial charge in [-0.3, -0.25) is 0 Å². The molecule has 14 heavy (non-hydrogen) atoms. The van der Waals surface area contributed by atoms with Gasteiger partial charge < -0.3 is 5.32 Å². The molecule has 3 rings (SSSR count). The normalized spacial score (nSPS) is 27.9. The van der Waals surface area contributed by atoms with Gasteiger partial charge in [-0.15, -0.1) is 0 Å². The van der Waals surface area contributed by atoms with Crippen LogP contribution in [0.2, 0.25) is 0 Å². The first-order chi connectivity index (χ1) is 6.91. The molecule has 0 amide bonds. The molecule has 1 aliphatic heterocycles. The second-order valence-electron chi connectivity index (χ2n) is 4.47. The van der Waals surface area contributed by atoms with E-state index in [2.05, 4.69) is 47.8 Å². The summed E-state index contributed by atoms with van der Waals surface area (Å²) in [6, 6.07) is 11.4. The number of nitrogens with one attached hydrogen (secondary N) is 1. The molecule has 1 aromatic rings. The minimum atomic E-state index is 0.515. The third-order valence-electron chi connectivity index (χ3n) is 3.62. The molecule has 1 saturated heterocycles. The highest BCUT2D eigenvalue weighted by Crippen LogP contribution is 2.49. The molecule has 1 nitrogen and oxygen atoms in total. The van der Waals surface area contributed by atoms with Gasteiger partial charge >= 0.3 is 0 Å². The van der Waals surface area contributed by atoms with E-state index in [0.717, 1.165) is 0 Å². The predicted octanol–water partition coefficient (Wildman–Crippen LogP) is 2.67. The first kappa shape index (κ1) is 8.25. The van der Waals surface area contributed by atoms with E-state index in [9.17, 15) is 0 Å². The topological polar surface area (TPSA) is 12.0 Å². The van der Waals surface area contributed by atoms with Gasteiger partial charge in [-0.05, 0) is 18.4 Å². The maximum Gasteiger partial charge on any atom is 0.0395 e. The van der Waals surface area contributed by atoms with Crippen molar-refractivity contribution in [2.75, 3.05) is 6.54 Å². The van der Waals surface area contributed by atoms with Crippen molar-refractivity contribution in [3.8, 4) is 0 Å². The minimum Gasteiger partial charge on any atom is -0.309 e. The number of benzene rings is 1. The highest BCUT2D eigenvalue weighted by Gasteiger charge is 2.46. The Balaban J connectivity index is 1.87. The molecular formula is C13H15N. The summed E-state index contributed by atoms with van der Waals surface area (Å²) in [7, 11) is 0. The third kappa shape index (κ3) is 1.05. The van der Waals surface area contributed by atoms with Crippen molar-refractivity contribution in [1.82, 2.24) is 5.32 Å². The van der Waals surface area contributed by atoms with Crippen LogP contribution in [0.3, 0.4) is 0 Å². The van der Waals surface area contributed by atoms with Crippen molar-refractivity contribution in [3.63, 3.8) is 0 Å². The molecule has 1 heteroatoms. The standard InChI is InChI=1S/C13H15N/c1-2-6-11(7-3-1)12-13(10-14-12)8-4-5-9-13/h1-7,12,14H,8-10H2. The molecule has 72 valence electrons. The molecule has 2 aliphatic rings. The summed E-state index contributed by atoms with van der Waals surface area (Å²) in [5.74, 6) is 0. The lowest BCUT2D eigenvalue weighted by Gasteiger charge is -2.48. The second kappa shape index (κ2) is 2.96. The summed E-state index contributed by atoms with van der Waals surface area (Å²) in [5, 5.41) is 3.55. The number of hydrogen-bond acceptors (Lipinski definition) is 1. The van der Waals surface area contributed by atoms with Crippen molar-refractivity contribution in [3.05, 3.63) is 48.0 Å². The number of hydrogen-bond donors (Lipinski definition) is 1. The average Bonchev–Trinajstić information content (AvgIpc) is 2.68. The van der Waals surface area contributed by atoms with Crippen molar-refractivity contribution >= 4 is 0 Å². The Labute approximate surface area is 84.8 Å². The van der Waals surface area contributed by atoms with Gasteiger partial charge in [0.2, 0.25) is 0 Å². The number of allylic oxidation sites excluding steroid dienone is 2. The van der Waals surface area contributed by atoms with Gasteiger partial charge in [-0.25, -0.2) is 0 Å². The zero-order valence-corrected chi connectivity index (χ0v) is 8.24. The molecule has 0 radical (unpaired) electrons. The summed E-state index contributed by atoms with van der Waals surface area (Å²) in [6.45, 7) is 1.18. The molecule has 1 unspecified atom stereocenters. The lowest BCUT2D eigenvalue weighted by atomic mass is 9.69. The Hall–Kier alpha value is -1.08. The molecule has 0 aromatic heterocycles. The predicted molar refractivity (Wildman–Crippen MR) is 58.0 cm³/mol. The van der Waals surface area contributed by atoms with Crippen LogP contribution in [0.4, 0.5) is 0 Å². The molecule has 1 spiro atoms. The van der Waals surface area contributed by atoms with E-state index >= 15 is 0 Å². The first-order valence-electron chi connectivity index (χ1n) is 5.34. The van der Waals surface area contributed by atoms with Crippen LogP contribution in [0.1, 0.15) is 24.4 Å². The average molecular weight is 185 g/mol. The van der Waals surface area contributed by atoms with Gasteiger partial charge in [-0.1, -0.05) is 42.5 Å². The lowest BCUT2D eigenvalue weighted by molar-refractivity contribution is 0.0968. The first-order valence-corrected chi connectivity index (χ1v) is 5.34. The molecule has 1 aromatic carbocycles. The van der Waals surface area contributed by atoms with Crippen LogP contribution in [0.15, 0.2) is 42.5 Å². The molecule has 1 fully saturated rings. The fourth-order valence-electron chi connectivity index (χ4n) is 2.71. The molecule has 0 saturated carbocycles. The number of rotatable bonds is 1. The molecule has 0 bridgehead atoms. The van der Waals surface area contributed by atoms with Crippen molar-refractivity contribution in [2.45, 2.75) is 18.9 Å². The Bertz CT molecular complexity index is 345. The summed E-state index contributed by atoms with van der Waals surface area (Å²) in [5.41, 5.74) is 1.96. The lowest BCUT2D eigenvalue weighted by Crippen LogP contribution is -2.54. The Morgan fingerprint density at radius 3 is 2.36 bits per heavy atom. The van der Waals surface area contributed by atoms with E-state index in [1.165, 1.54) is 24.9 Å². The summed E-state index contributed by atoms with van der Waals surface area (Å²) in [4.78, 5) is 0. The van der Waals surface area contributed by atoms with Crippen LogP contribution in [-0.2, 0) is 0 Å². The van der Waals surface area contributed by atoms with Gasteiger partial charge in [0.25, 0.3) is 0 Å². The quantitative estimate of drug-likeness (QED) is 0.663. The van der Waals surface area contributed by atoms with Crippen LogP contribution in [-0.4, -0.2) is 6.54 Å². The van der Waals surface area contributed by atoms with Crippen molar-refractivity contribution < 1.29 is 0 Å². The second-order valence-corrected chi connectivity index (χ2v) is 4.47. The molecule has 1 heterocycles. The van der Waals surface area contributed by atoms with Crippen molar-refractivity contribution in [2.24, 2.45) is 5.41 Å². The van der Waals surface area contributed by atoms with Gasteiger partial charge in [0.15, 0.2) is 0 Å². The maximum absolute atomic E-state index is 3.55. The Morgan fingerprint density at radius 2 is 1.79 bits per heavy atom. The monoisotopic (exact) mass is 185 g/mol. The van der Waals surface area contributed by atoms with Crippen LogP contribution < -0.4 is 5.32 Å². The highest BCUT2D eigenvalue weighted by molar-refractivity contribution is 5.28. The van der Waals surface area contributed by atoms with Crippen LogP contribution in [0, 0.1) is 5.41 Å². The van der Waals surface area contributed by atoms with E-state index in [1.807, 2.05) is 0 Å². The van der Waals surface area contributed by atoms with Crippen molar-refractivity contribution in [1.29, 1.82) is 0 Å². The molecule has 1 N–H and O–H groups in total. The summed E-state index contributed by atoms with van der Waals surface area (Å²) in [6.07, 6.45) is 7.16. The van der Waals surface area contributed by atoms with E-state index in [0.29, 0.717) is 11.5 Å². The van der Waals surface area contributed by atoms with E-state index in [4.69, 9.17) is 0 Å². The van der Waals surface area contributed by atoms with E-state index in [1.54, 1.807) is 0 Å². The summed E-state index contributed by atoms with van der Waals surface area (Å²) < 4.78 is 0. The largest absolute Gasteiger partial charge is 0.309 e. The molecular weight excluding hydrogens is 170 g/mol. The van der Waals surface area contributed by atoms with E-state index < -0.39 is 0 Å². The van der Waals surface area contributed by atoms with Gasteiger partial charge in [0, 0.05) is 18.0 Å². The zero-order valence-electron chi connectivity index (χ0n) is 8.24. The maximum atomic E-state index is 3.55. The SMILES string of the molecule is C1=CCC2(C1)CNC2c1ccccc1. The minimum absolute atomic E-state index is 0.515. The van der Waals surface area contributed by atoms with E-state index in [-0.39, 0.29) is 0 Å². The smallest absolute Gasteiger partial charge is 0.0395 e. The van der Waals surface area contributed by atoms with Gasteiger partial charge in [0.05, 0.1) is 0 Å². The van der Waals surface area contributed by atoms with Gasteiger partial charge in [0.1, 0.15) is 0 Å². The Kier molecular flexibility index (Phi) is 1.74. The van der Waals surface area contributed by atoms with Crippen LogP contribution in [0.25, 0.3) is 0 Å². The molecule has 1 aliphatic carbocycles. The highest BCUT2D eigenvalue weighted by atomic mass is 15.0. The summed E-state index contributed by atoms with van der Waals surface area (Å²) >= 11 is 0. The fraction of sp³-hybridized carbons (Fsp3) is 0.385. The van der Waals surface area contributed by atoms with Crippen LogP contribution >= 0.6 is 0 Å². The van der Waals surface area contributed by atoms with Crippen LogP contribution in [0.5, 0.6) is 0 Å². The third-order valence-corrected chi connectivity index (χ3v) is 3.62. The van der Waals surface area contributed by atoms with Gasteiger partial charge in [-0.2, -0.15) is 0 Å².